The van der Waals surface area contributed by atoms with Crippen molar-refractivity contribution in [1.29, 1.82) is 0 Å². The minimum atomic E-state index is -1.09. The fraction of sp³-hybridized carbons (Fsp3) is 0. The van der Waals surface area contributed by atoms with E-state index in [-0.39, 0.29) is 16.5 Å². The predicted octanol–water partition coefficient (Wildman–Crippen LogP) is 3.79. The van der Waals surface area contributed by atoms with Crippen molar-refractivity contribution in [2.24, 2.45) is 0 Å². The van der Waals surface area contributed by atoms with Gasteiger partial charge in [-0.3, -0.25) is 4.79 Å². The lowest BCUT2D eigenvalue weighted by molar-refractivity contribution is -0.115. The first-order valence-electron chi connectivity index (χ1n) is 6.32. The molecular weight excluding hydrogens is 358 g/mol. The summed E-state index contributed by atoms with van der Waals surface area (Å²) in [5.74, 6) is -0.346. The van der Waals surface area contributed by atoms with Crippen molar-refractivity contribution in [1.82, 2.24) is 5.32 Å². The monoisotopic (exact) mass is 365 g/mol. The summed E-state index contributed by atoms with van der Waals surface area (Å²) in [6.07, 6.45) is 1.59. The second-order valence-corrected chi connectivity index (χ2v) is 6.68. The molecule has 23 heavy (non-hydrogen) atoms. The maximum absolute atomic E-state index is 11.6. The molecule has 1 saturated heterocycles. The Balaban J connectivity index is 1.89. The molecule has 1 amide bonds. The molecule has 0 radical (unpaired) electrons. The van der Waals surface area contributed by atoms with Gasteiger partial charge >= 0.3 is 5.97 Å². The van der Waals surface area contributed by atoms with Crippen LogP contribution in [-0.2, 0) is 4.79 Å². The van der Waals surface area contributed by atoms with Crippen molar-refractivity contribution in [2.75, 3.05) is 0 Å². The van der Waals surface area contributed by atoms with E-state index in [9.17, 15) is 9.59 Å². The first-order valence-corrected chi connectivity index (χ1v) is 7.92. The van der Waals surface area contributed by atoms with Crippen molar-refractivity contribution in [3.63, 3.8) is 0 Å². The predicted molar refractivity (Wildman–Crippen MR) is 92.4 cm³/mol. The summed E-state index contributed by atoms with van der Waals surface area (Å²) in [7, 11) is 0. The number of hydrogen-bond donors (Lipinski definition) is 2. The van der Waals surface area contributed by atoms with E-state index < -0.39 is 5.97 Å². The zero-order valence-electron chi connectivity index (χ0n) is 11.3. The van der Waals surface area contributed by atoms with Crippen molar-refractivity contribution in [3.05, 3.63) is 51.6 Å². The highest BCUT2D eigenvalue weighted by Gasteiger charge is 2.22. The zero-order valence-corrected chi connectivity index (χ0v) is 13.7. The number of thiocarbonyl (C=S) groups is 1. The van der Waals surface area contributed by atoms with Gasteiger partial charge in [0.1, 0.15) is 15.8 Å². The number of hydrogen-bond acceptors (Lipinski definition) is 5. The van der Waals surface area contributed by atoms with Crippen molar-refractivity contribution in [3.8, 4) is 11.3 Å². The van der Waals surface area contributed by atoms with Crippen molar-refractivity contribution >= 4 is 57.9 Å². The van der Waals surface area contributed by atoms with Gasteiger partial charge in [0.2, 0.25) is 0 Å². The molecule has 1 aromatic carbocycles. The standard InChI is InChI=1S/C15H8ClNO4S2/c16-10-5-7(1-3-9(10)14(19)20)11-4-2-8(21-11)6-12-13(18)17-15(22)23-12/h1-6H,(H,19,20)(H,17,18,22). The van der Waals surface area contributed by atoms with Crippen LogP contribution >= 0.6 is 35.6 Å². The van der Waals surface area contributed by atoms with Gasteiger partial charge in [0.05, 0.1) is 15.5 Å². The molecule has 5 nitrogen and oxygen atoms in total. The molecule has 2 aromatic rings. The summed E-state index contributed by atoms with van der Waals surface area (Å²) in [5, 5.41) is 11.6. The summed E-state index contributed by atoms with van der Waals surface area (Å²) >= 11 is 12.0. The Morgan fingerprint density at radius 1 is 1.35 bits per heavy atom. The van der Waals surface area contributed by atoms with Gasteiger partial charge in [0.25, 0.3) is 5.91 Å². The molecule has 1 aromatic heterocycles. The van der Waals surface area contributed by atoms with Crippen LogP contribution in [0.3, 0.4) is 0 Å². The molecule has 0 spiro atoms. The summed E-state index contributed by atoms with van der Waals surface area (Å²) < 4.78 is 6.06. The summed E-state index contributed by atoms with van der Waals surface area (Å²) in [5.41, 5.74) is 0.667. The number of amides is 1. The highest BCUT2D eigenvalue weighted by Crippen LogP contribution is 2.30. The maximum atomic E-state index is 11.6. The largest absolute Gasteiger partial charge is 0.478 e. The van der Waals surface area contributed by atoms with Gasteiger partial charge in [-0.15, -0.1) is 0 Å². The number of nitrogens with one attached hydrogen (secondary N) is 1. The molecule has 8 heteroatoms. The van der Waals surface area contributed by atoms with E-state index in [0.717, 1.165) is 0 Å². The van der Waals surface area contributed by atoms with Gasteiger partial charge in [-0.2, -0.15) is 0 Å². The quantitative estimate of drug-likeness (QED) is 0.636. The van der Waals surface area contributed by atoms with E-state index in [2.05, 4.69) is 5.32 Å². The molecule has 0 aliphatic carbocycles. The molecule has 0 unspecified atom stereocenters. The van der Waals surface area contributed by atoms with Crippen molar-refractivity contribution in [2.45, 2.75) is 0 Å². The lowest BCUT2D eigenvalue weighted by Gasteiger charge is -2.01. The van der Waals surface area contributed by atoms with E-state index in [1.54, 1.807) is 24.3 Å². The average Bonchev–Trinajstić information content (AvgIpc) is 3.06. The van der Waals surface area contributed by atoms with Crippen LogP contribution in [0.15, 0.2) is 39.7 Å². The second-order valence-electron chi connectivity index (χ2n) is 4.55. The normalized spacial score (nSPS) is 16.0. The van der Waals surface area contributed by atoms with E-state index in [4.69, 9.17) is 33.3 Å². The van der Waals surface area contributed by atoms with E-state index >= 15 is 0 Å². The SMILES string of the molecule is O=C1NC(=S)SC1=Cc1ccc(-c2ccc(C(=O)O)c(Cl)c2)o1. The molecule has 2 heterocycles. The summed E-state index contributed by atoms with van der Waals surface area (Å²) in [6.45, 7) is 0. The van der Waals surface area contributed by atoms with Crippen molar-refractivity contribution < 1.29 is 19.1 Å². The lowest BCUT2D eigenvalue weighted by atomic mass is 10.1. The maximum Gasteiger partial charge on any atom is 0.337 e. The molecule has 3 rings (SSSR count). The Kier molecular flexibility index (Phi) is 4.25. The van der Waals surface area contributed by atoms with E-state index in [1.165, 1.54) is 23.9 Å². The first-order chi connectivity index (χ1) is 10.9. The van der Waals surface area contributed by atoms with Gasteiger partial charge in [-0.1, -0.05) is 41.6 Å². The smallest absolute Gasteiger partial charge is 0.337 e. The van der Waals surface area contributed by atoms with Crippen LogP contribution in [0, 0.1) is 0 Å². The molecule has 1 aliphatic heterocycles. The number of carboxylic acids is 1. The minimum Gasteiger partial charge on any atom is -0.478 e. The number of rotatable bonds is 3. The number of aromatic carboxylic acids is 1. The number of benzene rings is 1. The Bertz CT molecular complexity index is 872. The lowest BCUT2D eigenvalue weighted by Crippen LogP contribution is -2.17. The van der Waals surface area contributed by atoms with Gasteiger partial charge in [0, 0.05) is 11.6 Å². The van der Waals surface area contributed by atoms with Crippen LogP contribution < -0.4 is 5.32 Å². The van der Waals surface area contributed by atoms with Gasteiger partial charge < -0.3 is 14.8 Å². The van der Waals surface area contributed by atoms with Crippen LogP contribution in [-0.4, -0.2) is 21.3 Å². The Labute approximate surface area is 145 Å². The molecule has 0 atom stereocenters. The Morgan fingerprint density at radius 3 is 2.74 bits per heavy atom. The van der Waals surface area contributed by atoms with Crippen LogP contribution in [0.5, 0.6) is 0 Å². The number of carbonyl (C=O) groups is 2. The molecule has 1 fully saturated rings. The van der Waals surface area contributed by atoms with Crippen LogP contribution in [0.4, 0.5) is 0 Å². The van der Waals surface area contributed by atoms with Gasteiger partial charge in [-0.05, 0) is 24.3 Å². The van der Waals surface area contributed by atoms with Crippen LogP contribution in [0.25, 0.3) is 17.4 Å². The third-order valence-electron chi connectivity index (χ3n) is 3.03. The molecule has 0 bridgehead atoms. The van der Waals surface area contributed by atoms with E-state index in [0.29, 0.717) is 26.3 Å². The Morgan fingerprint density at radius 2 is 2.13 bits per heavy atom. The molecular formula is C15H8ClNO4S2. The van der Waals surface area contributed by atoms with Crippen LogP contribution in [0.1, 0.15) is 16.1 Å². The number of carbonyl (C=O) groups excluding carboxylic acids is 1. The highest BCUT2D eigenvalue weighted by molar-refractivity contribution is 8.26. The minimum absolute atomic E-state index is 0.0249. The molecule has 1 aliphatic rings. The third-order valence-corrected chi connectivity index (χ3v) is 4.50. The van der Waals surface area contributed by atoms with Gasteiger partial charge in [-0.25, -0.2) is 4.79 Å². The molecule has 0 saturated carbocycles. The average molecular weight is 366 g/mol. The highest BCUT2D eigenvalue weighted by atomic mass is 35.5. The topological polar surface area (TPSA) is 79.5 Å². The first kappa shape index (κ1) is 15.8. The van der Waals surface area contributed by atoms with E-state index in [1.807, 2.05) is 0 Å². The molecule has 116 valence electrons. The number of furan rings is 1. The summed E-state index contributed by atoms with van der Waals surface area (Å²) in [6, 6.07) is 7.97. The van der Waals surface area contributed by atoms with Crippen LogP contribution in [0.2, 0.25) is 5.02 Å². The zero-order chi connectivity index (χ0) is 16.6. The second kappa shape index (κ2) is 6.19. The van der Waals surface area contributed by atoms with Gasteiger partial charge in [0.15, 0.2) is 0 Å². The number of carboxylic acid groups (broad SMARTS) is 1. The fourth-order valence-corrected chi connectivity index (χ4v) is 3.26. The third kappa shape index (κ3) is 3.31. The Hall–Kier alpha value is -2.09. The summed E-state index contributed by atoms with van der Waals surface area (Å²) in [4.78, 5) is 23.0. The fourth-order valence-electron chi connectivity index (χ4n) is 1.98. The number of halogens is 1. The number of thioether (sulfide) groups is 1. The molecule has 2 N–H and O–H groups in total.